The highest BCUT2D eigenvalue weighted by molar-refractivity contribution is 5.56. The molecule has 0 aromatic carbocycles. The van der Waals surface area contributed by atoms with Crippen molar-refractivity contribution in [2.75, 3.05) is 0 Å². The first-order valence-electron chi connectivity index (χ1n) is 5.89. The lowest BCUT2D eigenvalue weighted by Crippen LogP contribution is -2.37. The Labute approximate surface area is 88.3 Å². The molecule has 0 bridgehead atoms. The van der Waals surface area contributed by atoms with Gasteiger partial charge in [0.15, 0.2) is 0 Å². The molecule has 1 heteroatoms. The molecule has 0 aromatic rings. The third kappa shape index (κ3) is 1.62. The van der Waals surface area contributed by atoms with Gasteiger partial charge in [-0.3, -0.25) is 0 Å². The fraction of sp³-hybridized carbons (Fsp3) is 0.923. The summed E-state index contributed by atoms with van der Waals surface area (Å²) in [4.78, 5) is 11.1. The summed E-state index contributed by atoms with van der Waals surface area (Å²) in [5.41, 5.74) is 0.232. The van der Waals surface area contributed by atoms with E-state index < -0.39 is 0 Å². The zero-order chi connectivity index (χ0) is 10.9. The summed E-state index contributed by atoms with van der Waals surface area (Å²) in [6.45, 7) is 11.4. The zero-order valence-electron chi connectivity index (χ0n) is 10.2. The van der Waals surface area contributed by atoms with Crippen LogP contribution in [-0.2, 0) is 4.79 Å². The molecule has 0 radical (unpaired) electrons. The smallest absolute Gasteiger partial charge is 0.123 e. The van der Waals surface area contributed by atoms with Crippen molar-refractivity contribution in [1.82, 2.24) is 0 Å². The summed E-state index contributed by atoms with van der Waals surface area (Å²) in [5, 5.41) is 0. The maximum atomic E-state index is 11.1. The van der Waals surface area contributed by atoms with Crippen LogP contribution in [0.5, 0.6) is 0 Å². The van der Waals surface area contributed by atoms with Gasteiger partial charge in [-0.1, -0.05) is 34.6 Å². The van der Waals surface area contributed by atoms with Crippen LogP contribution in [0.15, 0.2) is 0 Å². The van der Waals surface area contributed by atoms with Gasteiger partial charge in [0.25, 0.3) is 0 Å². The Kier molecular flexibility index (Phi) is 3.39. The van der Waals surface area contributed by atoms with Gasteiger partial charge in [-0.15, -0.1) is 0 Å². The molecule has 1 aliphatic rings. The highest BCUT2D eigenvalue weighted by Crippen LogP contribution is 2.54. The topological polar surface area (TPSA) is 17.1 Å². The minimum absolute atomic E-state index is 0.232. The van der Waals surface area contributed by atoms with Crippen molar-refractivity contribution in [2.24, 2.45) is 29.1 Å². The number of hydrogen-bond donors (Lipinski definition) is 0. The third-order valence-electron chi connectivity index (χ3n) is 4.60. The number of carbonyl (C=O) groups excluding carboxylic acids is 1. The van der Waals surface area contributed by atoms with Gasteiger partial charge >= 0.3 is 0 Å². The van der Waals surface area contributed by atoms with Gasteiger partial charge in [-0.25, -0.2) is 0 Å². The Balaban J connectivity index is 2.96. The molecule has 1 fully saturated rings. The molecule has 3 atom stereocenters. The van der Waals surface area contributed by atoms with E-state index in [0.717, 1.165) is 12.3 Å². The van der Waals surface area contributed by atoms with Gasteiger partial charge in [0, 0.05) is 5.92 Å². The molecule has 1 aliphatic carbocycles. The van der Waals surface area contributed by atoms with Crippen LogP contribution >= 0.6 is 0 Å². The van der Waals surface area contributed by atoms with Crippen LogP contribution in [0.3, 0.4) is 0 Å². The van der Waals surface area contributed by atoms with E-state index in [2.05, 4.69) is 34.6 Å². The first-order valence-corrected chi connectivity index (χ1v) is 5.89. The lowest BCUT2D eigenvalue weighted by Gasteiger charge is -2.41. The minimum atomic E-state index is 0.232. The highest BCUT2D eigenvalue weighted by atomic mass is 16.1. The van der Waals surface area contributed by atoms with E-state index in [9.17, 15) is 4.79 Å². The summed E-state index contributed by atoms with van der Waals surface area (Å²) in [6, 6.07) is 0. The summed E-state index contributed by atoms with van der Waals surface area (Å²) in [6.07, 6.45) is 3.53. The Morgan fingerprint density at radius 1 is 1.21 bits per heavy atom. The van der Waals surface area contributed by atoms with E-state index in [4.69, 9.17) is 0 Å². The van der Waals surface area contributed by atoms with E-state index in [1.807, 2.05) is 0 Å². The molecule has 0 spiro atoms. The second-order valence-electron chi connectivity index (χ2n) is 5.69. The third-order valence-corrected chi connectivity index (χ3v) is 4.60. The van der Waals surface area contributed by atoms with Gasteiger partial charge in [-0.2, -0.15) is 0 Å². The average Bonchev–Trinajstić information content (AvgIpc) is 2.43. The van der Waals surface area contributed by atoms with Crippen molar-refractivity contribution in [1.29, 1.82) is 0 Å². The first-order chi connectivity index (χ1) is 6.44. The van der Waals surface area contributed by atoms with E-state index in [1.165, 1.54) is 12.7 Å². The van der Waals surface area contributed by atoms with Crippen LogP contribution in [-0.4, -0.2) is 6.29 Å². The molecule has 0 saturated heterocycles. The standard InChI is InChI=1S/C13H24O/c1-9(2)12-7-6-11(8-14)13(12,5)10(3)4/h8-12H,6-7H2,1-5H3/t11-,12?,13-/m1/s1. The van der Waals surface area contributed by atoms with Crippen LogP contribution in [0.25, 0.3) is 0 Å². The second kappa shape index (κ2) is 4.04. The molecular formula is C13H24O. The summed E-state index contributed by atoms with van der Waals surface area (Å²) >= 11 is 0. The Bertz CT molecular complexity index is 207. The molecule has 1 saturated carbocycles. The molecule has 14 heavy (non-hydrogen) atoms. The maximum absolute atomic E-state index is 11.1. The number of rotatable bonds is 3. The van der Waals surface area contributed by atoms with Gasteiger partial charge in [0.05, 0.1) is 0 Å². The highest BCUT2D eigenvalue weighted by Gasteiger charge is 2.49. The van der Waals surface area contributed by atoms with Crippen LogP contribution < -0.4 is 0 Å². The van der Waals surface area contributed by atoms with E-state index >= 15 is 0 Å². The lowest BCUT2D eigenvalue weighted by atomic mass is 9.63. The molecule has 82 valence electrons. The lowest BCUT2D eigenvalue weighted by molar-refractivity contribution is -0.115. The molecule has 0 aromatic heterocycles. The zero-order valence-corrected chi connectivity index (χ0v) is 10.2. The van der Waals surface area contributed by atoms with Gasteiger partial charge < -0.3 is 4.79 Å². The number of hydrogen-bond acceptors (Lipinski definition) is 1. The SMILES string of the molecule is CC(C)C1CC[C@H](C=O)[C@@]1(C)C(C)C. The van der Waals surface area contributed by atoms with Crippen LogP contribution in [0.4, 0.5) is 0 Å². The van der Waals surface area contributed by atoms with Crippen molar-refractivity contribution in [2.45, 2.75) is 47.5 Å². The molecule has 0 amide bonds. The van der Waals surface area contributed by atoms with Crippen molar-refractivity contribution in [3.8, 4) is 0 Å². The number of carbonyl (C=O) groups is 1. The van der Waals surface area contributed by atoms with Gasteiger partial charge in [-0.05, 0) is 36.0 Å². The van der Waals surface area contributed by atoms with Gasteiger partial charge in [0.2, 0.25) is 0 Å². The van der Waals surface area contributed by atoms with E-state index in [1.54, 1.807) is 0 Å². The van der Waals surface area contributed by atoms with Crippen molar-refractivity contribution in [3.05, 3.63) is 0 Å². The fourth-order valence-electron chi connectivity index (χ4n) is 3.38. The quantitative estimate of drug-likeness (QED) is 0.631. The van der Waals surface area contributed by atoms with Crippen LogP contribution in [0, 0.1) is 29.1 Å². The molecule has 1 rings (SSSR count). The first kappa shape index (κ1) is 11.7. The molecule has 1 nitrogen and oxygen atoms in total. The molecule has 0 aliphatic heterocycles. The summed E-state index contributed by atoms with van der Waals surface area (Å²) < 4.78 is 0. The normalized spacial score (nSPS) is 38.2. The summed E-state index contributed by atoms with van der Waals surface area (Å²) in [7, 11) is 0. The van der Waals surface area contributed by atoms with E-state index in [-0.39, 0.29) is 11.3 Å². The Morgan fingerprint density at radius 2 is 1.79 bits per heavy atom. The average molecular weight is 196 g/mol. The van der Waals surface area contributed by atoms with Crippen LogP contribution in [0.2, 0.25) is 0 Å². The second-order valence-corrected chi connectivity index (χ2v) is 5.69. The Morgan fingerprint density at radius 3 is 2.14 bits per heavy atom. The predicted octanol–water partition coefficient (Wildman–Crippen LogP) is 3.53. The largest absolute Gasteiger partial charge is 0.303 e. The van der Waals surface area contributed by atoms with E-state index in [0.29, 0.717) is 11.8 Å². The fourth-order valence-corrected chi connectivity index (χ4v) is 3.38. The van der Waals surface area contributed by atoms with Gasteiger partial charge in [0.1, 0.15) is 6.29 Å². The number of aldehydes is 1. The molecule has 1 unspecified atom stereocenters. The predicted molar refractivity (Wildman–Crippen MR) is 60.1 cm³/mol. The maximum Gasteiger partial charge on any atom is 0.123 e. The molecule has 0 N–H and O–H groups in total. The monoisotopic (exact) mass is 196 g/mol. The van der Waals surface area contributed by atoms with Crippen molar-refractivity contribution >= 4 is 6.29 Å². The van der Waals surface area contributed by atoms with Crippen LogP contribution in [0.1, 0.15) is 47.5 Å². The molecule has 0 heterocycles. The van der Waals surface area contributed by atoms with Crippen molar-refractivity contribution in [3.63, 3.8) is 0 Å². The molecular weight excluding hydrogens is 172 g/mol. The minimum Gasteiger partial charge on any atom is -0.303 e. The Hall–Kier alpha value is -0.330. The summed E-state index contributed by atoms with van der Waals surface area (Å²) in [5.74, 6) is 2.31. The van der Waals surface area contributed by atoms with Crippen molar-refractivity contribution < 1.29 is 4.79 Å².